The normalized spacial score (nSPS) is 11.2. The molecule has 0 atom stereocenters. The number of carboxylic acids is 1. The van der Waals surface area contributed by atoms with Crippen molar-refractivity contribution in [2.24, 2.45) is 0 Å². The highest BCUT2D eigenvalue weighted by Gasteiger charge is 2.10. The van der Waals surface area contributed by atoms with Crippen LogP contribution in [0.5, 0.6) is 0 Å². The summed E-state index contributed by atoms with van der Waals surface area (Å²) in [6, 6.07) is 8.16. The van der Waals surface area contributed by atoms with Gasteiger partial charge in [-0.25, -0.2) is 0 Å². The zero-order chi connectivity index (χ0) is 14.5. The van der Waals surface area contributed by atoms with Gasteiger partial charge in [-0.3, -0.25) is 14.7 Å². The number of nitrogens with zero attached hydrogens (tertiary/aromatic N) is 2. The lowest BCUT2D eigenvalue weighted by molar-refractivity contribution is -0.138. The molecule has 2 rings (SSSR count). The maximum absolute atomic E-state index is 10.9. The summed E-state index contributed by atoms with van der Waals surface area (Å²) in [5, 5.41) is 10.1. The monoisotopic (exact) mass is 272 g/mol. The Morgan fingerprint density at radius 3 is 2.90 bits per heavy atom. The first-order valence-corrected chi connectivity index (χ1v) is 6.88. The van der Waals surface area contributed by atoms with Crippen molar-refractivity contribution in [3.63, 3.8) is 0 Å². The lowest BCUT2D eigenvalue weighted by Crippen LogP contribution is -2.30. The summed E-state index contributed by atoms with van der Waals surface area (Å²) in [7, 11) is 0. The summed E-state index contributed by atoms with van der Waals surface area (Å²) in [6.07, 6.45) is 2.74. The molecule has 4 heteroatoms. The highest BCUT2D eigenvalue weighted by molar-refractivity contribution is 5.82. The van der Waals surface area contributed by atoms with E-state index in [1.165, 1.54) is 0 Å². The molecule has 0 amide bonds. The number of aliphatic carboxylic acids is 1. The van der Waals surface area contributed by atoms with E-state index in [1.54, 1.807) is 6.20 Å². The van der Waals surface area contributed by atoms with Crippen LogP contribution in [0.4, 0.5) is 0 Å². The molecule has 1 heterocycles. The fourth-order valence-electron chi connectivity index (χ4n) is 2.52. The van der Waals surface area contributed by atoms with Crippen molar-refractivity contribution in [2.75, 3.05) is 13.1 Å². The van der Waals surface area contributed by atoms with Gasteiger partial charge in [0.15, 0.2) is 0 Å². The summed E-state index contributed by atoms with van der Waals surface area (Å²) < 4.78 is 0. The molecule has 0 aliphatic heterocycles. The molecular formula is C16H20N2O2. The number of fused-ring (bicyclic) bond motifs is 1. The number of pyridine rings is 1. The van der Waals surface area contributed by atoms with E-state index in [2.05, 4.69) is 24.0 Å². The number of carboxylic acid groups (broad SMARTS) is 1. The summed E-state index contributed by atoms with van der Waals surface area (Å²) in [5.41, 5.74) is 3.28. The fourth-order valence-corrected chi connectivity index (χ4v) is 2.52. The van der Waals surface area contributed by atoms with E-state index in [1.807, 2.05) is 24.0 Å². The molecule has 1 N–H and O–H groups in total. The van der Waals surface area contributed by atoms with E-state index < -0.39 is 5.97 Å². The first kappa shape index (κ1) is 14.5. The zero-order valence-corrected chi connectivity index (χ0v) is 12.0. The lowest BCUT2D eigenvalue weighted by atomic mass is 10.1. The number of hydrogen-bond acceptors (Lipinski definition) is 3. The van der Waals surface area contributed by atoms with Crippen molar-refractivity contribution < 1.29 is 9.90 Å². The molecule has 20 heavy (non-hydrogen) atoms. The Kier molecular flexibility index (Phi) is 4.69. The van der Waals surface area contributed by atoms with Gasteiger partial charge in [0, 0.05) is 18.1 Å². The van der Waals surface area contributed by atoms with Gasteiger partial charge in [0.05, 0.1) is 12.1 Å². The SMILES string of the molecule is CCCN(CC(=O)O)Cc1cc(C)c2ncccc2c1. The van der Waals surface area contributed by atoms with Crippen molar-refractivity contribution in [2.45, 2.75) is 26.8 Å². The molecule has 0 aliphatic carbocycles. The minimum absolute atomic E-state index is 0.0813. The van der Waals surface area contributed by atoms with Crippen molar-refractivity contribution in [1.29, 1.82) is 0 Å². The Bertz CT molecular complexity index is 610. The number of rotatable bonds is 6. The highest BCUT2D eigenvalue weighted by Crippen LogP contribution is 2.19. The number of aryl methyl sites for hydroxylation is 1. The Labute approximate surface area is 119 Å². The van der Waals surface area contributed by atoms with E-state index >= 15 is 0 Å². The third kappa shape index (κ3) is 3.54. The molecule has 0 fully saturated rings. The summed E-state index contributed by atoms with van der Waals surface area (Å²) in [4.78, 5) is 17.2. The summed E-state index contributed by atoms with van der Waals surface area (Å²) >= 11 is 0. The Hall–Kier alpha value is -1.94. The van der Waals surface area contributed by atoms with E-state index in [4.69, 9.17) is 5.11 Å². The zero-order valence-electron chi connectivity index (χ0n) is 12.0. The minimum Gasteiger partial charge on any atom is -0.480 e. The number of aromatic nitrogens is 1. The van der Waals surface area contributed by atoms with Crippen LogP contribution in [0.1, 0.15) is 24.5 Å². The molecule has 0 saturated carbocycles. The average molecular weight is 272 g/mol. The molecule has 2 aromatic rings. The molecule has 0 saturated heterocycles. The molecule has 1 aromatic carbocycles. The van der Waals surface area contributed by atoms with Crippen LogP contribution in [0.3, 0.4) is 0 Å². The highest BCUT2D eigenvalue weighted by atomic mass is 16.4. The van der Waals surface area contributed by atoms with E-state index in [9.17, 15) is 4.79 Å². The molecular weight excluding hydrogens is 252 g/mol. The Morgan fingerprint density at radius 2 is 2.20 bits per heavy atom. The maximum atomic E-state index is 10.9. The van der Waals surface area contributed by atoms with Crippen LogP contribution in [0.25, 0.3) is 10.9 Å². The van der Waals surface area contributed by atoms with Gasteiger partial charge in [0.2, 0.25) is 0 Å². The third-order valence-electron chi connectivity index (χ3n) is 3.26. The number of hydrogen-bond donors (Lipinski definition) is 1. The van der Waals surface area contributed by atoms with Gasteiger partial charge in [-0.2, -0.15) is 0 Å². The average Bonchev–Trinajstić information content (AvgIpc) is 2.38. The molecule has 0 bridgehead atoms. The smallest absolute Gasteiger partial charge is 0.317 e. The molecule has 4 nitrogen and oxygen atoms in total. The number of carbonyl (C=O) groups is 1. The number of benzene rings is 1. The lowest BCUT2D eigenvalue weighted by Gasteiger charge is -2.20. The third-order valence-corrected chi connectivity index (χ3v) is 3.26. The summed E-state index contributed by atoms with van der Waals surface area (Å²) in [6.45, 7) is 5.63. The van der Waals surface area contributed by atoms with Crippen LogP contribution in [-0.2, 0) is 11.3 Å². The molecule has 1 aromatic heterocycles. The molecule has 0 spiro atoms. The molecule has 0 unspecified atom stereocenters. The summed E-state index contributed by atoms with van der Waals surface area (Å²) in [5.74, 6) is -0.780. The van der Waals surface area contributed by atoms with E-state index in [-0.39, 0.29) is 6.54 Å². The van der Waals surface area contributed by atoms with Crippen molar-refractivity contribution in [1.82, 2.24) is 9.88 Å². The van der Waals surface area contributed by atoms with Gasteiger partial charge in [0.25, 0.3) is 0 Å². The first-order chi connectivity index (χ1) is 9.60. The second-order valence-corrected chi connectivity index (χ2v) is 5.09. The molecule has 0 aliphatic rings. The van der Waals surface area contributed by atoms with Crippen LogP contribution in [0, 0.1) is 6.92 Å². The minimum atomic E-state index is -0.780. The van der Waals surface area contributed by atoms with Crippen molar-refractivity contribution in [3.8, 4) is 0 Å². The van der Waals surface area contributed by atoms with Crippen LogP contribution >= 0.6 is 0 Å². The van der Waals surface area contributed by atoms with Crippen molar-refractivity contribution >= 4 is 16.9 Å². The first-order valence-electron chi connectivity index (χ1n) is 6.88. The van der Waals surface area contributed by atoms with E-state index in [0.717, 1.165) is 35.0 Å². The molecule has 0 radical (unpaired) electrons. The van der Waals surface area contributed by atoms with Gasteiger partial charge < -0.3 is 5.11 Å². The second kappa shape index (κ2) is 6.48. The van der Waals surface area contributed by atoms with Gasteiger partial charge >= 0.3 is 5.97 Å². The second-order valence-electron chi connectivity index (χ2n) is 5.09. The van der Waals surface area contributed by atoms with Gasteiger partial charge in [-0.15, -0.1) is 0 Å². The van der Waals surface area contributed by atoms with Crippen molar-refractivity contribution in [3.05, 3.63) is 41.6 Å². The standard InChI is InChI=1S/C16H20N2O2/c1-3-7-18(11-15(19)20)10-13-8-12(2)16-14(9-13)5-4-6-17-16/h4-6,8-9H,3,7,10-11H2,1-2H3,(H,19,20). The van der Waals surface area contributed by atoms with Crippen LogP contribution in [0.2, 0.25) is 0 Å². The van der Waals surface area contributed by atoms with Crippen LogP contribution in [0.15, 0.2) is 30.5 Å². The predicted octanol–water partition coefficient (Wildman–Crippen LogP) is 2.84. The van der Waals surface area contributed by atoms with Crippen LogP contribution in [-0.4, -0.2) is 34.0 Å². The Morgan fingerprint density at radius 1 is 1.40 bits per heavy atom. The topological polar surface area (TPSA) is 53.4 Å². The maximum Gasteiger partial charge on any atom is 0.317 e. The Balaban J connectivity index is 2.25. The molecule has 106 valence electrons. The van der Waals surface area contributed by atoms with Gasteiger partial charge in [-0.1, -0.05) is 19.1 Å². The quantitative estimate of drug-likeness (QED) is 0.878. The van der Waals surface area contributed by atoms with Gasteiger partial charge in [-0.05, 0) is 43.1 Å². The van der Waals surface area contributed by atoms with E-state index in [0.29, 0.717) is 6.54 Å². The van der Waals surface area contributed by atoms with Gasteiger partial charge in [0.1, 0.15) is 0 Å². The predicted molar refractivity (Wildman–Crippen MR) is 79.7 cm³/mol. The largest absolute Gasteiger partial charge is 0.480 e. The van der Waals surface area contributed by atoms with Crippen LogP contribution < -0.4 is 0 Å². The fraction of sp³-hybridized carbons (Fsp3) is 0.375.